The molecule has 0 aliphatic carbocycles. The number of hydrogen-bond acceptors (Lipinski definition) is 3. The maximum absolute atomic E-state index is 12.3. The van der Waals surface area contributed by atoms with Crippen molar-refractivity contribution in [1.29, 1.82) is 0 Å². The first-order chi connectivity index (χ1) is 10.00. The quantitative estimate of drug-likeness (QED) is 0.867. The molecule has 1 aliphatic rings. The summed E-state index contributed by atoms with van der Waals surface area (Å²) >= 11 is 0. The minimum Gasteiger partial charge on any atom is -0.353 e. The van der Waals surface area contributed by atoms with Crippen molar-refractivity contribution < 1.29 is 4.79 Å². The van der Waals surface area contributed by atoms with E-state index in [4.69, 9.17) is 5.73 Å². The van der Waals surface area contributed by atoms with Crippen LogP contribution >= 0.6 is 0 Å². The normalized spacial score (nSPS) is 22.5. The van der Waals surface area contributed by atoms with E-state index in [9.17, 15) is 4.79 Å². The third-order valence-corrected chi connectivity index (χ3v) is 4.30. The Morgan fingerprint density at radius 2 is 2.14 bits per heavy atom. The number of nitrogens with zero attached hydrogens (tertiary/aromatic N) is 1. The Hall–Kier alpha value is -1.39. The number of amides is 1. The Kier molecular flexibility index (Phi) is 5.37. The van der Waals surface area contributed by atoms with E-state index in [1.807, 2.05) is 30.3 Å². The van der Waals surface area contributed by atoms with Gasteiger partial charge in [-0.25, -0.2) is 0 Å². The fraction of sp³-hybridized carbons (Fsp3) is 0.588. The molecule has 1 heterocycles. The van der Waals surface area contributed by atoms with Gasteiger partial charge in [-0.3, -0.25) is 4.79 Å². The van der Waals surface area contributed by atoms with Crippen LogP contribution in [-0.2, 0) is 10.3 Å². The zero-order valence-corrected chi connectivity index (χ0v) is 13.1. The van der Waals surface area contributed by atoms with Crippen molar-refractivity contribution in [3.05, 3.63) is 35.9 Å². The number of nitrogens with one attached hydrogen (secondary N) is 1. The number of nitrogens with two attached hydrogens (primary N) is 1. The summed E-state index contributed by atoms with van der Waals surface area (Å²) in [7, 11) is 0. The zero-order valence-electron chi connectivity index (χ0n) is 13.1. The lowest BCUT2D eigenvalue weighted by Crippen LogP contribution is -2.50. The van der Waals surface area contributed by atoms with E-state index >= 15 is 0 Å². The van der Waals surface area contributed by atoms with Crippen molar-refractivity contribution >= 4 is 5.91 Å². The molecule has 0 spiro atoms. The van der Waals surface area contributed by atoms with Crippen LogP contribution in [0.3, 0.4) is 0 Å². The zero-order chi connectivity index (χ0) is 15.3. The Labute approximate surface area is 127 Å². The molecule has 4 heteroatoms. The molecule has 1 fully saturated rings. The predicted octanol–water partition coefficient (Wildman–Crippen LogP) is 1.71. The highest BCUT2D eigenvalue weighted by atomic mass is 16.2. The molecule has 0 radical (unpaired) electrons. The number of piperidine rings is 1. The van der Waals surface area contributed by atoms with Crippen LogP contribution in [0.15, 0.2) is 30.3 Å². The summed E-state index contributed by atoms with van der Waals surface area (Å²) in [5, 5.41) is 2.98. The van der Waals surface area contributed by atoms with Gasteiger partial charge in [0.1, 0.15) is 5.54 Å². The second kappa shape index (κ2) is 7.05. The minimum atomic E-state index is -0.976. The number of carbonyl (C=O) groups is 1. The fourth-order valence-electron chi connectivity index (χ4n) is 2.92. The molecule has 116 valence electrons. The topological polar surface area (TPSA) is 58.4 Å². The van der Waals surface area contributed by atoms with Gasteiger partial charge in [0.25, 0.3) is 0 Å². The van der Waals surface area contributed by atoms with E-state index in [1.54, 1.807) is 6.92 Å². The first-order valence-electron chi connectivity index (χ1n) is 7.85. The van der Waals surface area contributed by atoms with Crippen LogP contribution in [0.5, 0.6) is 0 Å². The maximum Gasteiger partial charge on any atom is 0.244 e. The Balaban J connectivity index is 1.81. The van der Waals surface area contributed by atoms with Crippen molar-refractivity contribution in [3.8, 4) is 0 Å². The monoisotopic (exact) mass is 289 g/mol. The molecule has 21 heavy (non-hydrogen) atoms. The third-order valence-electron chi connectivity index (χ3n) is 4.30. The van der Waals surface area contributed by atoms with Crippen LogP contribution in [0.1, 0.15) is 32.3 Å². The highest BCUT2D eigenvalue weighted by Gasteiger charge is 2.30. The van der Waals surface area contributed by atoms with Crippen molar-refractivity contribution in [1.82, 2.24) is 10.2 Å². The highest BCUT2D eigenvalue weighted by molar-refractivity contribution is 5.86. The predicted molar refractivity (Wildman–Crippen MR) is 85.8 cm³/mol. The molecule has 1 saturated heterocycles. The number of rotatable bonds is 5. The lowest BCUT2D eigenvalue weighted by Gasteiger charge is -2.31. The van der Waals surface area contributed by atoms with Crippen molar-refractivity contribution in [2.24, 2.45) is 11.7 Å². The standard InChI is InChI=1S/C17H27N3O/c1-14-7-6-11-20(13-14)12-10-19-16(21)17(2,18)15-8-4-3-5-9-15/h3-5,8-9,14H,6-7,10-13,18H2,1-2H3,(H,19,21). The number of carbonyl (C=O) groups excluding carboxylic acids is 1. The molecule has 4 nitrogen and oxygen atoms in total. The molecule has 0 bridgehead atoms. The Morgan fingerprint density at radius 3 is 2.81 bits per heavy atom. The fourth-order valence-corrected chi connectivity index (χ4v) is 2.92. The average Bonchev–Trinajstić information content (AvgIpc) is 2.48. The molecule has 3 N–H and O–H groups in total. The number of benzene rings is 1. The molecule has 0 saturated carbocycles. The second-order valence-electron chi connectivity index (χ2n) is 6.37. The SMILES string of the molecule is CC1CCCN(CCNC(=O)C(C)(N)c2ccccc2)C1. The van der Waals surface area contributed by atoms with Crippen molar-refractivity contribution in [3.63, 3.8) is 0 Å². The second-order valence-corrected chi connectivity index (χ2v) is 6.37. The van der Waals surface area contributed by atoms with E-state index in [1.165, 1.54) is 12.8 Å². The smallest absolute Gasteiger partial charge is 0.244 e. The van der Waals surface area contributed by atoms with E-state index in [0.717, 1.165) is 31.1 Å². The van der Waals surface area contributed by atoms with Gasteiger partial charge in [0.05, 0.1) is 0 Å². The lowest BCUT2D eigenvalue weighted by atomic mass is 9.92. The minimum absolute atomic E-state index is 0.112. The van der Waals surface area contributed by atoms with Gasteiger partial charge in [-0.1, -0.05) is 37.3 Å². The molecule has 1 aliphatic heterocycles. The van der Waals surface area contributed by atoms with Crippen molar-refractivity contribution in [2.45, 2.75) is 32.2 Å². The summed E-state index contributed by atoms with van der Waals surface area (Å²) < 4.78 is 0. The van der Waals surface area contributed by atoms with E-state index < -0.39 is 5.54 Å². The van der Waals surface area contributed by atoms with Crippen LogP contribution in [0, 0.1) is 5.92 Å². The van der Waals surface area contributed by atoms with E-state index in [2.05, 4.69) is 17.1 Å². The first kappa shape index (κ1) is 16.0. The summed E-state index contributed by atoms with van der Waals surface area (Å²) in [4.78, 5) is 14.7. The largest absolute Gasteiger partial charge is 0.353 e. The van der Waals surface area contributed by atoms with Gasteiger partial charge in [0.2, 0.25) is 5.91 Å². The molecule has 1 amide bonds. The maximum atomic E-state index is 12.3. The number of hydrogen-bond donors (Lipinski definition) is 2. The molecule has 0 aromatic heterocycles. The van der Waals surface area contributed by atoms with Crippen LogP contribution in [0.4, 0.5) is 0 Å². The van der Waals surface area contributed by atoms with Crippen LogP contribution in [0.25, 0.3) is 0 Å². The summed E-state index contributed by atoms with van der Waals surface area (Å²) in [6, 6.07) is 9.53. The van der Waals surface area contributed by atoms with E-state index in [-0.39, 0.29) is 5.91 Å². The summed E-state index contributed by atoms with van der Waals surface area (Å²) in [5.41, 5.74) is 6.06. The van der Waals surface area contributed by atoms with Gasteiger partial charge in [0.15, 0.2) is 0 Å². The van der Waals surface area contributed by atoms with Gasteiger partial charge < -0.3 is 16.0 Å². The van der Waals surface area contributed by atoms with Crippen molar-refractivity contribution in [2.75, 3.05) is 26.2 Å². The van der Waals surface area contributed by atoms with E-state index in [0.29, 0.717) is 6.54 Å². The highest BCUT2D eigenvalue weighted by Crippen LogP contribution is 2.17. The van der Waals surface area contributed by atoms with Gasteiger partial charge in [-0.2, -0.15) is 0 Å². The average molecular weight is 289 g/mol. The summed E-state index contributed by atoms with van der Waals surface area (Å²) in [6.45, 7) is 7.89. The molecular formula is C17H27N3O. The molecular weight excluding hydrogens is 262 g/mol. The lowest BCUT2D eigenvalue weighted by molar-refractivity contribution is -0.126. The van der Waals surface area contributed by atoms with Gasteiger partial charge in [-0.15, -0.1) is 0 Å². The third kappa shape index (κ3) is 4.29. The van der Waals surface area contributed by atoms with Crippen LogP contribution in [-0.4, -0.2) is 37.0 Å². The first-order valence-corrected chi connectivity index (χ1v) is 7.85. The molecule has 2 unspecified atom stereocenters. The van der Waals surface area contributed by atoms with Crippen LogP contribution in [0.2, 0.25) is 0 Å². The van der Waals surface area contributed by atoms with Gasteiger partial charge in [-0.05, 0) is 37.8 Å². The molecule has 2 atom stereocenters. The summed E-state index contributed by atoms with van der Waals surface area (Å²) in [6.07, 6.45) is 2.57. The van der Waals surface area contributed by atoms with Gasteiger partial charge >= 0.3 is 0 Å². The summed E-state index contributed by atoms with van der Waals surface area (Å²) in [5.74, 6) is 0.650. The Morgan fingerprint density at radius 1 is 1.43 bits per heavy atom. The van der Waals surface area contributed by atoms with Gasteiger partial charge in [0, 0.05) is 19.6 Å². The molecule has 1 aromatic rings. The molecule has 1 aromatic carbocycles. The molecule has 2 rings (SSSR count). The Bertz CT molecular complexity index is 458. The number of likely N-dealkylation sites (tertiary alicyclic amines) is 1. The van der Waals surface area contributed by atoms with Crippen LogP contribution < -0.4 is 11.1 Å².